The zero-order valence-electron chi connectivity index (χ0n) is 8.51. The van der Waals surface area contributed by atoms with Crippen molar-refractivity contribution in [3.05, 3.63) is 0 Å². The SMILES string of the molecule is CC(CN1CCNCC1)N(C)C. The molecule has 72 valence electrons. The molecular weight excluding hydrogens is 150 g/mol. The van der Waals surface area contributed by atoms with E-state index in [1.807, 2.05) is 0 Å². The van der Waals surface area contributed by atoms with Crippen molar-refractivity contribution in [2.24, 2.45) is 0 Å². The van der Waals surface area contributed by atoms with Gasteiger partial charge in [-0.1, -0.05) is 0 Å². The molecule has 1 aliphatic rings. The molecule has 0 aromatic rings. The standard InChI is InChI=1S/C9H21N3/c1-9(11(2)3)8-12-6-4-10-5-7-12/h9-10H,4-8H2,1-3H3. The van der Waals surface area contributed by atoms with E-state index in [2.05, 4.69) is 36.1 Å². The first-order valence-corrected chi connectivity index (χ1v) is 4.79. The van der Waals surface area contributed by atoms with Crippen LogP contribution in [0.1, 0.15) is 6.92 Å². The highest BCUT2D eigenvalue weighted by atomic mass is 15.2. The van der Waals surface area contributed by atoms with E-state index >= 15 is 0 Å². The Hall–Kier alpha value is -0.120. The van der Waals surface area contributed by atoms with Crippen molar-refractivity contribution in [1.29, 1.82) is 0 Å². The first-order chi connectivity index (χ1) is 5.70. The monoisotopic (exact) mass is 171 g/mol. The molecule has 1 unspecified atom stereocenters. The normalized spacial score (nSPS) is 23.0. The second-order valence-electron chi connectivity index (χ2n) is 3.86. The van der Waals surface area contributed by atoms with Gasteiger partial charge in [-0.3, -0.25) is 4.90 Å². The second-order valence-corrected chi connectivity index (χ2v) is 3.86. The molecule has 0 saturated carbocycles. The molecular formula is C9H21N3. The van der Waals surface area contributed by atoms with Crippen LogP contribution in [-0.4, -0.2) is 62.7 Å². The van der Waals surface area contributed by atoms with Gasteiger partial charge in [0.05, 0.1) is 0 Å². The van der Waals surface area contributed by atoms with E-state index in [-0.39, 0.29) is 0 Å². The zero-order chi connectivity index (χ0) is 8.97. The van der Waals surface area contributed by atoms with Crippen LogP contribution in [0.15, 0.2) is 0 Å². The summed E-state index contributed by atoms with van der Waals surface area (Å²) in [6.45, 7) is 8.20. The Morgan fingerprint density at radius 2 is 1.92 bits per heavy atom. The number of hydrogen-bond acceptors (Lipinski definition) is 3. The maximum absolute atomic E-state index is 3.36. The van der Waals surface area contributed by atoms with Crippen molar-refractivity contribution in [2.75, 3.05) is 46.8 Å². The average molecular weight is 171 g/mol. The van der Waals surface area contributed by atoms with Gasteiger partial charge in [-0.2, -0.15) is 0 Å². The lowest BCUT2D eigenvalue weighted by Crippen LogP contribution is -2.48. The van der Waals surface area contributed by atoms with Gasteiger partial charge in [-0.15, -0.1) is 0 Å². The van der Waals surface area contributed by atoms with Crippen LogP contribution in [0.3, 0.4) is 0 Å². The highest BCUT2D eigenvalue weighted by Crippen LogP contribution is 1.98. The summed E-state index contributed by atoms with van der Waals surface area (Å²) in [4.78, 5) is 4.81. The number of rotatable bonds is 3. The molecule has 0 bridgehead atoms. The average Bonchev–Trinajstić information content (AvgIpc) is 2.06. The summed E-state index contributed by atoms with van der Waals surface area (Å²) in [6, 6.07) is 0.670. The van der Waals surface area contributed by atoms with Gasteiger partial charge in [0.1, 0.15) is 0 Å². The Bertz CT molecular complexity index is 119. The van der Waals surface area contributed by atoms with E-state index in [1.165, 1.54) is 19.6 Å². The molecule has 1 aliphatic heterocycles. The minimum absolute atomic E-state index is 0.670. The maximum atomic E-state index is 3.36. The van der Waals surface area contributed by atoms with E-state index < -0.39 is 0 Å². The van der Waals surface area contributed by atoms with E-state index in [0.29, 0.717) is 6.04 Å². The number of nitrogens with one attached hydrogen (secondary N) is 1. The summed E-state index contributed by atoms with van der Waals surface area (Å²) in [6.07, 6.45) is 0. The van der Waals surface area contributed by atoms with Crippen LogP contribution in [0.5, 0.6) is 0 Å². The first kappa shape index (κ1) is 9.96. The summed E-state index contributed by atoms with van der Waals surface area (Å²) >= 11 is 0. The van der Waals surface area contributed by atoms with Crippen LogP contribution < -0.4 is 5.32 Å². The van der Waals surface area contributed by atoms with Gasteiger partial charge < -0.3 is 10.2 Å². The minimum atomic E-state index is 0.670. The number of hydrogen-bond donors (Lipinski definition) is 1. The molecule has 3 nitrogen and oxygen atoms in total. The quantitative estimate of drug-likeness (QED) is 0.637. The van der Waals surface area contributed by atoms with E-state index in [1.54, 1.807) is 0 Å². The molecule has 3 heteroatoms. The molecule has 1 rings (SSSR count). The number of likely N-dealkylation sites (N-methyl/N-ethyl adjacent to an activating group) is 1. The second kappa shape index (κ2) is 4.80. The minimum Gasteiger partial charge on any atom is -0.314 e. The lowest BCUT2D eigenvalue weighted by molar-refractivity contribution is 0.177. The molecule has 0 amide bonds. The summed E-state index contributed by atoms with van der Waals surface area (Å²) in [5.41, 5.74) is 0. The molecule has 1 saturated heterocycles. The fourth-order valence-electron chi connectivity index (χ4n) is 1.43. The van der Waals surface area contributed by atoms with Gasteiger partial charge in [-0.25, -0.2) is 0 Å². The van der Waals surface area contributed by atoms with Crippen LogP contribution >= 0.6 is 0 Å². The fourth-order valence-corrected chi connectivity index (χ4v) is 1.43. The summed E-state index contributed by atoms with van der Waals surface area (Å²) < 4.78 is 0. The number of piperazine rings is 1. The third-order valence-corrected chi connectivity index (χ3v) is 2.61. The van der Waals surface area contributed by atoms with E-state index in [0.717, 1.165) is 13.1 Å². The Labute approximate surface area is 75.7 Å². The summed E-state index contributed by atoms with van der Waals surface area (Å²) in [5, 5.41) is 3.36. The van der Waals surface area contributed by atoms with E-state index in [9.17, 15) is 0 Å². The molecule has 1 atom stereocenters. The van der Waals surface area contributed by atoms with Crippen molar-refractivity contribution >= 4 is 0 Å². The topological polar surface area (TPSA) is 18.5 Å². The van der Waals surface area contributed by atoms with Crippen LogP contribution in [0.4, 0.5) is 0 Å². The Morgan fingerprint density at radius 3 is 2.42 bits per heavy atom. The van der Waals surface area contributed by atoms with Gasteiger partial charge in [0.25, 0.3) is 0 Å². The molecule has 1 heterocycles. The largest absolute Gasteiger partial charge is 0.314 e. The predicted octanol–water partition coefficient (Wildman–Crippen LogP) is -0.158. The summed E-state index contributed by atoms with van der Waals surface area (Å²) in [5.74, 6) is 0. The van der Waals surface area contributed by atoms with Crippen molar-refractivity contribution < 1.29 is 0 Å². The zero-order valence-corrected chi connectivity index (χ0v) is 8.51. The van der Waals surface area contributed by atoms with Crippen LogP contribution in [0.2, 0.25) is 0 Å². The molecule has 1 N–H and O–H groups in total. The van der Waals surface area contributed by atoms with Crippen molar-refractivity contribution in [3.8, 4) is 0 Å². The Balaban J connectivity index is 2.20. The Kier molecular flexibility index (Phi) is 3.98. The van der Waals surface area contributed by atoms with Gasteiger partial charge >= 0.3 is 0 Å². The smallest absolute Gasteiger partial charge is 0.0188 e. The van der Waals surface area contributed by atoms with Crippen LogP contribution in [0, 0.1) is 0 Å². The molecule has 0 aromatic carbocycles. The van der Waals surface area contributed by atoms with Crippen LogP contribution in [-0.2, 0) is 0 Å². The molecule has 0 spiro atoms. The van der Waals surface area contributed by atoms with Crippen molar-refractivity contribution in [3.63, 3.8) is 0 Å². The number of nitrogens with zero attached hydrogens (tertiary/aromatic N) is 2. The lowest BCUT2D eigenvalue weighted by Gasteiger charge is -2.31. The highest BCUT2D eigenvalue weighted by molar-refractivity contribution is 4.72. The molecule has 0 radical (unpaired) electrons. The Morgan fingerprint density at radius 1 is 1.33 bits per heavy atom. The lowest BCUT2D eigenvalue weighted by atomic mass is 10.2. The molecule has 0 aromatic heterocycles. The van der Waals surface area contributed by atoms with Gasteiger partial charge in [0.15, 0.2) is 0 Å². The van der Waals surface area contributed by atoms with Gasteiger partial charge in [0, 0.05) is 38.8 Å². The fraction of sp³-hybridized carbons (Fsp3) is 1.00. The third kappa shape index (κ3) is 3.09. The molecule has 12 heavy (non-hydrogen) atoms. The summed E-state index contributed by atoms with van der Waals surface area (Å²) in [7, 11) is 4.29. The highest BCUT2D eigenvalue weighted by Gasteiger charge is 2.13. The molecule has 0 aliphatic carbocycles. The van der Waals surface area contributed by atoms with Gasteiger partial charge in [0.2, 0.25) is 0 Å². The predicted molar refractivity (Wildman–Crippen MR) is 52.5 cm³/mol. The van der Waals surface area contributed by atoms with Gasteiger partial charge in [-0.05, 0) is 21.0 Å². The maximum Gasteiger partial charge on any atom is 0.0188 e. The van der Waals surface area contributed by atoms with Crippen molar-refractivity contribution in [1.82, 2.24) is 15.1 Å². The first-order valence-electron chi connectivity index (χ1n) is 4.79. The third-order valence-electron chi connectivity index (χ3n) is 2.61. The van der Waals surface area contributed by atoms with E-state index in [4.69, 9.17) is 0 Å². The van der Waals surface area contributed by atoms with Crippen molar-refractivity contribution in [2.45, 2.75) is 13.0 Å². The molecule has 1 fully saturated rings. The van der Waals surface area contributed by atoms with Crippen LogP contribution in [0.25, 0.3) is 0 Å².